The lowest BCUT2D eigenvalue weighted by Crippen LogP contribution is -2.28. The Morgan fingerprint density at radius 3 is 2.16 bits per heavy atom. The molecule has 1 unspecified atom stereocenters. The van der Waals surface area contributed by atoms with Gasteiger partial charge in [-0.15, -0.1) is 5.10 Å². The molecule has 7 heteroatoms. The van der Waals surface area contributed by atoms with E-state index < -0.39 is 5.91 Å². The molecule has 0 aliphatic carbocycles. The first-order chi connectivity index (χ1) is 15.5. The molecule has 0 bridgehead atoms. The highest BCUT2D eigenvalue weighted by atomic mass is 16.2. The van der Waals surface area contributed by atoms with E-state index in [1.807, 2.05) is 67.6 Å². The second-order valence-electron chi connectivity index (χ2n) is 7.36. The van der Waals surface area contributed by atoms with Gasteiger partial charge in [0, 0.05) is 0 Å². The summed E-state index contributed by atoms with van der Waals surface area (Å²) < 4.78 is 0. The Morgan fingerprint density at radius 2 is 1.44 bits per heavy atom. The van der Waals surface area contributed by atoms with E-state index in [4.69, 9.17) is 0 Å². The van der Waals surface area contributed by atoms with Crippen LogP contribution in [0.1, 0.15) is 45.1 Å². The Kier molecular flexibility index (Phi) is 6.07. The van der Waals surface area contributed by atoms with Gasteiger partial charge in [-0.05, 0) is 43.7 Å². The third kappa shape index (κ3) is 4.57. The molecule has 0 fully saturated rings. The van der Waals surface area contributed by atoms with Gasteiger partial charge >= 0.3 is 0 Å². The Hall–Kier alpha value is -4.26. The SMILES string of the molecule is Cc1nn(-c2ccccc2)nc1C(=O)Nc1ccccc1C(=O)NC(C)c1ccccc1. The van der Waals surface area contributed by atoms with Gasteiger partial charge < -0.3 is 10.6 Å². The van der Waals surface area contributed by atoms with Crippen LogP contribution in [0.25, 0.3) is 5.69 Å². The highest BCUT2D eigenvalue weighted by Crippen LogP contribution is 2.19. The molecule has 32 heavy (non-hydrogen) atoms. The van der Waals surface area contributed by atoms with Crippen LogP contribution in [0.2, 0.25) is 0 Å². The maximum Gasteiger partial charge on any atom is 0.278 e. The average Bonchev–Trinajstić information content (AvgIpc) is 3.22. The summed E-state index contributed by atoms with van der Waals surface area (Å²) in [4.78, 5) is 27.3. The number of aromatic nitrogens is 3. The van der Waals surface area contributed by atoms with E-state index in [2.05, 4.69) is 20.8 Å². The number of hydrogen-bond donors (Lipinski definition) is 2. The molecule has 160 valence electrons. The molecule has 0 aliphatic rings. The third-order valence-corrected chi connectivity index (χ3v) is 5.05. The normalized spacial score (nSPS) is 11.6. The van der Waals surface area contributed by atoms with Gasteiger partial charge in [0.25, 0.3) is 11.8 Å². The fourth-order valence-corrected chi connectivity index (χ4v) is 3.34. The summed E-state index contributed by atoms with van der Waals surface area (Å²) in [6.07, 6.45) is 0. The molecule has 4 rings (SSSR count). The number of nitrogens with one attached hydrogen (secondary N) is 2. The van der Waals surface area contributed by atoms with Gasteiger partial charge in [0.2, 0.25) is 0 Å². The van der Waals surface area contributed by atoms with E-state index in [0.29, 0.717) is 16.9 Å². The summed E-state index contributed by atoms with van der Waals surface area (Å²) in [5.74, 6) is -0.706. The number of anilines is 1. The summed E-state index contributed by atoms with van der Waals surface area (Å²) in [5.41, 5.74) is 3.22. The predicted octanol–water partition coefficient (Wildman–Crippen LogP) is 4.32. The number of carbonyl (C=O) groups excluding carboxylic acids is 2. The van der Waals surface area contributed by atoms with Gasteiger partial charge in [0.15, 0.2) is 5.69 Å². The number of amides is 2. The lowest BCUT2D eigenvalue weighted by molar-refractivity contribution is 0.0941. The summed E-state index contributed by atoms with van der Waals surface area (Å²) in [5, 5.41) is 14.5. The van der Waals surface area contributed by atoms with Crippen molar-refractivity contribution in [1.82, 2.24) is 20.3 Å². The lowest BCUT2D eigenvalue weighted by atomic mass is 10.1. The van der Waals surface area contributed by atoms with Crippen molar-refractivity contribution in [3.05, 3.63) is 107 Å². The van der Waals surface area contributed by atoms with E-state index in [1.165, 1.54) is 4.80 Å². The minimum atomic E-state index is -0.430. The first-order valence-corrected chi connectivity index (χ1v) is 10.3. The van der Waals surface area contributed by atoms with Crippen molar-refractivity contribution in [3.8, 4) is 5.69 Å². The molecule has 0 spiro atoms. The summed E-state index contributed by atoms with van der Waals surface area (Å²) >= 11 is 0. The number of hydrogen-bond acceptors (Lipinski definition) is 4. The van der Waals surface area contributed by atoms with E-state index in [9.17, 15) is 9.59 Å². The molecular weight excluding hydrogens is 402 g/mol. The highest BCUT2D eigenvalue weighted by molar-refractivity contribution is 6.08. The minimum Gasteiger partial charge on any atom is -0.345 e. The molecule has 2 amide bonds. The van der Waals surface area contributed by atoms with Crippen molar-refractivity contribution >= 4 is 17.5 Å². The van der Waals surface area contributed by atoms with Crippen LogP contribution in [-0.4, -0.2) is 26.8 Å². The van der Waals surface area contributed by atoms with Crippen LogP contribution in [0.3, 0.4) is 0 Å². The average molecular weight is 425 g/mol. The maximum atomic E-state index is 12.9. The molecule has 1 heterocycles. The predicted molar refractivity (Wildman–Crippen MR) is 123 cm³/mol. The summed E-state index contributed by atoms with van der Waals surface area (Å²) in [7, 11) is 0. The van der Waals surface area contributed by atoms with Crippen LogP contribution in [0, 0.1) is 6.92 Å². The van der Waals surface area contributed by atoms with Crippen molar-refractivity contribution in [1.29, 1.82) is 0 Å². The second-order valence-corrected chi connectivity index (χ2v) is 7.36. The first-order valence-electron chi connectivity index (χ1n) is 10.3. The Balaban J connectivity index is 1.53. The van der Waals surface area contributed by atoms with Crippen LogP contribution in [-0.2, 0) is 0 Å². The van der Waals surface area contributed by atoms with Crippen molar-refractivity contribution in [2.75, 3.05) is 5.32 Å². The fourth-order valence-electron chi connectivity index (χ4n) is 3.34. The van der Waals surface area contributed by atoms with Gasteiger partial charge in [-0.25, -0.2) is 0 Å². The fraction of sp³-hybridized carbons (Fsp3) is 0.120. The van der Waals surface area contributed by atoms with Crippen LogP contribution >= 0.6 is 0 Å². The van der Waals surface area contributed by atoms with Crippen LogP contribution < -0.4 is 10.6 Å². The van der Waals surface area contributed by atoms with Crippen molar-refractivity contribution in [3.63, 3.8) is 0 Å². The Bertz CT molecular complexity index is 1240. The van der Waals surface area contributed by atoms with Crippen molar-refractivity contribution in [2.24, 2.45) is 0 Å². The third-order valence-electron chi connectivity index (χ3n) is 5.05. The largest absolute Gasteiger partial charge is 0.345 e. The van der Waals surface area contributed by atoms with Gasteiger partial charge in [0.05, 0.1) is 28.7 Å². The quantitative estimate of drug-likeness (QED) is 0.482. The van der Waals surface area contributed by atoms with Gasteiger partial charge in [-0.1, -0.05) is 60.7 Å². The van der Waals surface area contributed by atoms with Crippen LogP contribution in [0.4, 0.5) is 5.69 Å². The van der Waals surface area contributed by atoms with Crippen molar-refractivity contribution in [2.45, 2.75) is 19.9 Å². The molecule has 0 saturated carbocycles. The summed E-state index contributed by atoms with van der Waals surface area (Å²) in [6, 6.07) is 25.8. The van der Waals surface area contributed by atoms with Crippen LogP contribution in [0.15, 0.2) is 84.9 Å². The number of benzene rings is 3. The minimum absolute atomic E-state index is 0.180. The topological polar surface area (TPSA) is 88.9 Å². The number of carbonyl (C=O) groups is 2. The second kappa shape index (κ2) is 9.26. The Labute approximate surface area is 186 Å². The molecule has 2 N–H and O–H groups in total. The van der Waals surface area contributed by atoms with Gasteiger partial charge in [-0.2, -0.15) is 9.90 Å². The van der Waals surface area contributed by atoms with E-state index in [0.717, 1.165) is 11.3 Å². The van der Waals surface area contributed by atoms with E-state index in [-0.39, 0.29) is 17.6 Å². The molecular formula is C25H23N5O2. The zero-order chi connectivity index (χ0) is 22.5. The number of rotatable bonds is 6. The highest BCUT2D eigenvalue weighted by Gasteiger charge is 2.20. The van der Waals surface area contributed by atoms with Crippen LogP contribution in [0.5, 0.6) is 0 Å². The zero-order valence-corrected chi connectivity index (χ0v) is 17.8. The standard InChI is InChI=1S/C25H23N5O2/c1-17(19-11-5-3-6-12-19)26-24(31)21-15-9-10-16-22(21)27-25(32)23-18(2)28-30(29-23)20-13-7-4-8-14-20/h3-17H,1-2H3,(H,26,31)(H,27,32). The monoisotopic (exact) mass is 425 g/mol. The molecule has 7 nitrogen and oxygen atoms in total. The first kappa shape index (κ1) is 21.0. The number of para-hydroxylation sites is 2. The molecule has 1 atom stereocenters. The molecule has 0 aliphatic heterocycles. The number of nitrogens with zero attached hydrogens (tertiary/aromatic N) is 3. The van der Waals surface area contributed by atoms with Gasteiger partial charge in [-0.3, -0.25) is 9.59 Å². The van der Waals surface area contributed by atoms with Crippen molar-refractivity contribution < 1.29 is 9.59 Å². The molecule has 4 aromatic rings. The zero-order valence-electron chi connectivity index (χ0n) is 17.8. The molecule has 1 aromatic heterocycles. The summed E-state index contributed by atoms with van der Waals surface area (Å²) in [6.45, 7) is 3.64. The van der Waals surface area contributed by atoms with Gasteiger partial charge in [0.1, 0.15) is 0 Å². The maximum absolute atomic E-state index is 12.9. The van der Waals surface area contributed by atoms with E-state index in [1.54, 1.807) is 31.2 Å². The Morgan fingerprint density at radius 1 is 0.812 bits per heavy atom. The molecule has 3 aromatic carbocycles. The smallest absolute Gasteiger partial charge is 0.278 e. The molecule has 0 radical (unpaired) electrons. The van der Waals surface area contributed by atoms with E-state index >= 15 is 0 Å². The molecule has 0 saturated heterocycles. The lowest BCUT2D eigenvalue weighted by Gasteiger charge is -2.16. The number of aryl methyl sites for hydroxylation is 1.